The molecule has 0 aliphatic rings. The Kier molecular flexibility index (Phi) is 9.10. The first-order valence-corrected chi connectivity index (χ1v) is 9.23. The number of hydrogen-bond donors (Lipinski definition) is 1. The van der Waals surface area contributed by atoms with E-state index in [1.54, 1.807) is 0 Å². The third-order valence-electron chi connectivity index (χ3n) is 4.41. The Morgan fingerprint density at radius 2 is 1.19 bits per heavy atom. The summed E-state index contributed by atoms with van der Waals surface area (Å²) in [6.45, 7) is 12.1. The Balaban J connectivity index is 2.85. The highest BCUT2D eigenvalue weighted by atomic mass is 32.1. The summed E-state index contributed by atoms with van der Waals surface area (Å²) in [6.07, 6.45) is 7.93. The third kappa shape index (κ3) is 6.88. The van der Waals surface area contributed by atoms with E-state index in [0.29, 0.717) is 0 Å². The van der Waals surface area contributed by atoms with Gasteiger partial charge in [-0.15, -0.1) is 12.6 Å². The van der Waals surface area contributed by atoms with Gasteiger partial charge in [-0.25, -0.2) is 0 Å². The number of quaternary nitrogens is 1. The maximum absolute atomic E-state index is 4.41. The Hall–Kier alpha value is -0.470. The monoisotopic (exact) mass is 308 g/mol. The molecule has 1 aromatic rings. The number of thiol groups is 1. The molecule has 1 rings (SSSR count). The van der Waals surface area contributed by atoms with Crippen LogP contribution in [0.25, 0.3) is 0 Å². The molecule has 1 nitrogen and oxygen atoms in total. The van der Waals surface area contributed by atoms with E-state index in [2.05, 4.69) is 57.7 Å². The van der Waals surface area contributed by atoms with Crippen LogP contribution < -0.4 is 0 Å². The lowest BCUT2D eigenvalue weighted by atomic mass is 10.1. The second-order valence-electron chi connectivity index (χ2n) is 6.40. The molecule has 0 saturated carbocycles. The zero-order chi connectivity index (χ0) is 15.6. The fraction of sp³-hybridized carbons (Fsp3) is 0.684. The Bertz CT molecular complexity index is 350. The molecule has 1 aromatic carbocycles. The van der Waals surface area contributed by atoms with Crippen LogP contribution in [0.5, 0.6) is 0 Å². The SMILES string of the molecule is CCCC[N+](CCCC)(CCCC)Cc1ccc(S)cc1. The van der Waals surface area contributed by atoms with Gasteiger partial charge in [0.1, 0.15) is 6.54 Å². The summed E-state index contributed by atoms with van der Waals surface area (Å²) >= 11 is 4.41. The van der Waals surface area contributed by atoms with Crippen molar-refractivity contribution in [2.24, 2.45) is 0 Å². The fourth-order valence-corrected chi connectivity index (χ4v) is 3.19. The van der Waals surface area contributed by atoms with Crippen LogP contribution in [-0.4, -0.2) is 24.1 Å². The van der Waals surface area contributed by atoms with E-state index in [1.165, 1.54) is 74.8 Å². The van der Waals surface area contributed by atoms with Crippen molar-refractivity contribution in [2.75, 3.05) is 19.6 Å². The quantitative estimate of drug-likeness (QED) is 0.394. The lowest BCUT2D eigenvalue weighted by Gasteiger charge is -2.39. The van der Waals surface area contributed by atoms with Crippen LogP contribution in [0, 0.1) is 0 Å². The van der Waals surface area contributed by atoms with Crippen LogP contribution in [0.2, 0.25) is 0 Å². The van der Waals surface area contributed by atoms with Crippen LogP contribution in [0.15, 0.2) is 29.2 Å². The number of nitrogens with zero attached hydrogens (tertiary/aromatic N) is 1. The van der Waals surface area contributed by atoms with E-state index < -0.39 is 0 Å². The summed E-state index contributed by atoms with van der Waals surface area (Å²) in [4.78, 5) is 1.06. The summed E-state index contributed by atoms with van der Waals surface area (Å²) in [5.74, 6) is 0. The second-order valence-corrected chi connectivity index (χ2v) is 6.91. The molecule has 0 radical (unpaired) electrons. The molecule has 0 fully saturated rings. The number of benzene rings is 1. The molecule has 0 atom stereocenters. The highest BCUT2D eigenvalue weighted by Gasteiger charge is 2.26. The highest BCUT2D eigenvalue weighted by molar-refractivity contribution is 7.80. The van der Waals surface area contributed by atoms with Gasteiger partial charge < -0.3 is 4.48 Å². The zero-order valence-electron chi connectivity index (χ0n) is 14.3. The summed E-state index contributed by atoms with van der Waals surface area (Å²) < 4.78 is 1.28. The van der Waals surface area contributed by atoms with Crippen molar-refractivity contribution in [3.8, 4) is 0 Å². The van der Waals surface area contributed by atoms with Crippen molar-refractivity contribution in [1.82, 2.24) is 0 Å². The molecule has 0 heterocycles. The molecule has 0 spiro atoms. The molecule has 0 aromatic heterocycles. The average Bonchev–Trinajstić information content (AvgIpc) is 2.51. The maximum atomic E-state index is 4.41. The second kappa shape index (κ2) is 10.3. The van der Waals surface area contributed by atoms with E-state index in [9.17, 15) is 0 Å². The lowest BCUT2D eigenvalue weighted by molar-refractivity contribution is -0.941. The van der Waals surface area contributed by atoms with E-state index >= 15 is 0 Å². The largest absolute Gasteiger partial charge is 0.320 e. The topological polar surface area (TPSA) is 0 Å². The van der Waals surface area contributed by atoms with Crippen LogP contribution >= 0.6 is 12.6 Å². The molecule has 0 unspecified atom stereocenters. The minimum absolute atomic E-state index is 1.06. The van der Waals surface area contributed by atoms with Crippen molar-refractivity contribution < 1.29 is 4.48 Å². The van der Waals surface area contributed by atoms with Gasteiger partial charge in [0, 0.05) is 10.5 Å². The first-order valence-electron chi connectivity index (χ1n) is 8.78. The van der Waals surface area contributed by atoms with E-state index in [1.807, 2.05) is 0 Å². The molecular weight excluding hydrogens is 274 g/mol. The molecular formula is C19H34NS+. The van der Waals surface area contributed by atoms with Crippen LogP contribution in [0.4, 0.5) is 0 Å². The molecule has 0 N–H and O–H groups in total. The molecule has 0 saturated heterocycles. The van der Waals surface area contributed by atoms with Crippen molar-refractivity contribution in [3.05, 3.63) is 29.8 Å². The minimum Gasteiger partial charge on any atom is -0.320 e. The molecule has 0 aliphatic carbocycles. The third-order valence-corrected chi connectivity index (χ3v) is 4.71. The van der Waals surface area contributed by atoms with Gasteiger partial charge in [0.25, 0.3) is 0 Å². The Labute approximate surface area is 137 Å². The molecule has 2 heteroatoms. The van der Waals surface area contributed by atoms with Crippen LogP contribution in [0.3, 0.4) is 0 Å². The van der Waals surface area contributed by atoms with E-state index in [-0.39, 0.29) is 0 Å². The number of hydrogen-bond acceptors (Lipinski definition) is 1. The van der Waals surface area contributed by atoms with Gasteiger partial charge in [0.2, 0.25) is 0 Å². The minimum atomic E-state index is 1.06. The maximum Gasteiger partial charge on any atom is 0.104 e. The van der Waals surface area contributed by atoms with Crippen LogP contribution in [-0.2, 0) is 6.54 Å². The van der Waals surface area contributed by atoms with Crippen molar-refractivity contribution in [3.63, 3.8) is 0 Å². The Morgan fingerprint density at radius 3 is 1.57 bits per heavy atom. The fourth-order valence-electron chi connectivity index (χ4n) is 3.04. The molecule has 120 valence electrons. The average molecular weight is 309 g/mol. The molecule has 0 bridgehead atoms. The van der Waals surface area contributed by atoms with E-state index in [0.717, 1.165) is 4.90 Å². The zero-order valence-corrected chi connectivity index (χ0v) is 15.2. The molecule has 0 amide bonds. The van der Waals surface area contributed by atoms with Gasteiger partial charge in [-0.05, 0) is 31.4 Å². The first-order chi connectivity index (χ1) is 10.2. The summed E-state index contributed by atoms with van der Waals surface area (Å²) in [7, 11) is 0. The van der Waals surface area contributed by atoms with Gasteiger partial charge in [-0.3, -0.25) is 0 Å². The Morgan fingerprint density at radius 1 is 0.762 bits per heavy atom. The predicted molar refractivity (Wildman–Crippen MR) is 97.0 cm³/mol. The van der Waals surface area contributed by atoms with Gasteiger partial charge in [0.15, 0.2) is 0 Å². The number of rotatable bonds is 11. The summed E-state index contributed by atoms with van der Waals surface area (Å²) in [6, 6.07) is 8.79. The molecule has 21 heavy (non-hydrogen) atoms. The summed E-state index contributed by atoms with van der Waals surface area (Å²) in [5, 5.41) is 0. The van der Waals surface area contributed by atoms with Crippen molar-refractivity contribution in [2.45, 2.75) is 70.7 Å². The highest BCUT2D eigenvalue weighted by Crippen LogP contribution is 2.20. The van der Waals surface area contributed by atoms with Crippen molar-refractivity contribution >= 4 is 12.6 Å². The standard InChI is InChI=1S/C19H33NS/c1-4-7-14-20(15-8-5-2,16-9-6-3)17-18-10-12-19(21)13-11-18/h10-13H,4-9,14-17H2,1-3H3/p+1. The lowest BCUT2D eigenvalue weighted by Crippen LogP contribution is -2.49. The van der Waals surface area contributed by atoms with Gasteiger partial charge in [0.05, 0.1) is 19.6 Å². The normalized spacial score (nSPS) is 11.8. The first kappa shape index (κ1) is 18.6. The van der Waals surface area contributed by atoms with Crippen LogP contribution in [0.1, 0.15) is 64.9 Å². The summed E-state index contributed by atoms with van der Waals surface area (Å²) in [5.41, 5.74) is 1.47. The number of unbranched alkanes of at least 4 members (excludes halogenated alkanes) is 3. The van der Waals surface area contributed by atoms with Crippen molar-refractivity contribution in [1.29, 1.82) is 0 Å². The van der Waals surface area contributed by atoms with Gasteiger partial charge >= 0.3 is 0 Å². The van der Waals surface area contributed by atoms with Gasteiger partial charge in [-0.1, -0.05) is 52.2 Å². The van der Waals surface area contributed by atoms with Gasteiger partial charge in [-0.2, -0.15) is 0 Å². The smallest absolute Gasteiger partial charge is 0.104 e. The van der Waals surface area contributed by atoms with E-state index in [4.69, 9.17) is 0 Å². The molecule has 0 aliphatic heterocycles. The predicted octanol–water partition coefficient (Wildman–Crippen LogP) is 5.69.